The average Bonchev–Trinajstić information content (AvgIpc) is 3.25. The number of ether oxygens (including phenoxy) is 3. The van der Waals surface area contributed by atoms with Gasteiger partial charge in [-0.1, -0.05) is 18.2 Å². The first-order chi connectivity index (χ1) is 18.0. The van der Waals surface area contributed by atoms with Gasteiger partial charge in [-0.05, 0) is 43.3 Å². The lowest BCUT2D eigenvalue weighted by atomic mass is 10.1. The Morgan fingerprint density at radius 2 is 1.81 bits per heavy atom. The summed E-state index contributed by atoms with van der Waals surface area (Å²) in [7, 11) is 5.00. The van der Waals surface area contributed by atoms with Crippen molar-refractivity contribution in [3.05, 3.63) is 65.5 Å². The van der Waals surface area contributed by atoms with E-state index in [1.54, 1.807) is 24.3 Å². The van der Waals surface area contributed by atoms with Gasteiger partial charge in [-0.3, -0.25) is 14.5 Å². The lowest BCUT2D eigenvalue weighted by molar-refractivity contribution is -0.117. The molecule has 0 saturated carbocycles. The number of aryl methyl sites for hydroxylation is 1. The monoisotopic (exact) mass is 506 g/mol. The number of nitrogens with one attached hydrogen (secondary N) is 2. The van der Waals surface area contributed by atoms with Crippen molar-refractivity contribution < 1.29 is 23.8 Å². The van der Waals surface area contributed by atoms with E-state index in [1.165, 1.54) is 14.2 Å². The second-order valence-corrected chi connectivity index (χ2v) is 8.86. The largest absolute Gasteiger partial charge is 0.493 e. The van der Waals surface area contributed by atoms with Gasteiger partial charge in [0.15, 0.2) is 11.5 Å². The van der Waals surface area contributed by atoms with Gasteiger partial charge in [-0.2, -0.15) is 0 Å². The predicted molar refractivity (Wildman–Crippen MR) is 143 cm³/mol. The number of hydrogen-bond donors (Lipinski definition) is 2. The Morgan fingerprint density at radius 3 is 2.57 bits per heavy atom. The summed E-state index contributed by atoms with van der Waals surface area (Å²) in [6.45, 7) is 4.67. The van der Waals surface area contributed by atoms with Crippen molar-refractivity contribution in [2.24, 2.45) is 7.05 Å². The third-order valence-corrected chi connectivity index (χ3v) is 6.41. The van der Waals surface area contributed by atoms with E-state index in [4.69, 9.17) is 14.2 Å². The molecule has 3 aromatic rings. The van der Waals surface area contributed by atoms with Crippen LogP contribution < -0.4 is 20.1 Å². The summed E-state index contributed by atoms with van der Waals surface area (Å²) >= 11 is 0. The highest BCUT2D eigenvalue weighted by Crippen LogP contribution is 2.28. The number of methoxy groups -OCH3 is 2. The van der Waals surface area contributed by atoms with Gasteiger partial charge in [0, 0.05) is 54.9 Å². The minimum Gasteiger partial charge on any atom is -0.493 e. The fraction of sp³-hybridized carbons (Fsp3) is 0.357. The third kappa shape index (κ3) is 6.49. The van der Waals surface area contributed by atoms with Crippen LogP contribution in [0.4, 0.5) is 0 Å². The smallest absolute Gasteiger partial charge is 0.267 e. The second-order valence-electron chi connectivity index (χ2n) is 8.86. The molecule has 1 saturated heterocycles. The normalized spacial score (nSPS) is 14.4. The molecule has 1 aliphatic rings. The molecule has 0 atom stereocenters. The quantitative estimate of drug-likeness (QED) is 0.325. The highest BCUT2D eigenvalue weighted by atomic mass is 16.5. The van der Waals surface area contributed by atoms with Gasteiger partial charge in [0.05, 0.1) is 27.4 Å². The van der Waals surface area contributed by atoms with Crippen molar-refractivity contribution in [2.45, 2.75) is 6.42 Å². The van der Waals surface area contributed by atoms with Crippen LogP contribution in [0.15, 0.2) is 54.4 Å². The number of para-hydroxylation sites is 1. The van der Waals surface area contributed by atoms with Crippen molar-refractivity contribution >= 4 is 28.8 Å². The molecule has 9 nitrogen and oxygen atoms in total. The molecule has 2 heterocycles. The summed E-state index contributed by atoms with van der Waals surface area (Å²) in [6, 6.07) is 12.8. The molecule has 2 aromatic carbocycles. The van der Waals surface area contributed by atoms with Crippen LogP contribution in [0.1, 0.15) is 22.3 Å². The van der Waals surface area contributed by atoms with Crippen LogP contribution in [0.25, 0.3) is 17.0 Å². The van der Waals surface area contributed by atoms with E-state index >= 15 is 0 Å². The molecule has 2 N–H and O–H groups in total. The average molecular weight is 507 g/mol. The summed E-state index contributed by atoms with van der Waals surface area (Å²) in [5.74, 6) is 0.186. The van der Waals surface area contributed by atoms with Gasteiger partial charge in [0.2, 0.25) is 0 Å². The molecule has 0 spiro atoms. The highest BCUT2D eigenvalue weighted by Gasteiger charge is 2.18. The minimum atomic E-state index is -0.420. The first-order valence-corrected chi connectivity index (χ1v) is 12.4. The number of carbonyl (C=O) groups is 2. The summed E-state index contributed by atoms with van der Waals surface area (Å²) in [5.41, 5.74) is 2.39. The van der Waals surface area contributed by atoms with Crippen molar-refractivity contribution in [3.8, 4) is 11.5 Å². The fourth-order valence-electron chi connectivity index (χ4n) is 4.40. The van der Waals surface area contributed by atoms with Crippen LogP contribution >= 0.6 is 0 Å². The zero-order valence-electron chi connectivity index (χ0n) is 21.6. The third-order valence-electron chi connectivity index (χ3n) is 6.41. The van der Waals surface area contributed by atoms with E-state index in [-0.39, 0.29) is 11.6 Å². The molecule has 0 unspecified atom stereocenters. The molecular formula is C28H34N4O5. The maximum Gasteiger partial charge on any atom is 0.267 e. The predicted octanol–water partition coefficient (Wildman–Crippen LogP) is 2.80. The molecular weight excluding hydrogens is 472 g/mol. The van der Waals surface area contributed by atoms with Crippen molar-refractivity contribution in [1.82, 2.24) is 20.1 Å². The lowest BCUT2D eigenvalue weighted by Gasteiger charge is -2.26. The number of amides is 2. The Morgan fingerprint density at radius 1 is 1.05 bits per heavy atom. The first-order valence-electron chi connectivity index (χ1n) is 12.4. The van der Waals surface area contributed by atoms with Gasteiger partial charge < -0.3 is 29.4 Å². The minimum absolute atomic E-state index is 0.169. The highest BCUT2D eigenvalue weighted by molar-refractivity contribution is 6.06. The number of nitrogens with zero attached hydrogens (tertiary/aromatic N) is 2. The standard InChI is InChI=1S/C28H34N4O5/c1-31-19-21(22-7-4-5-8-24(22)31)17-23(28(34)29-11-6-12-32-13-15-37-16-14-32)30-27(33)20-9-10-25(35-2)26(18-20)36-3/h4-5,7-10,17-19H,6,11-16H2,1-3H3,(H,29,34)(H,30,33). The zero-order chi connectivity index (χ0) is 26.2. The van der Waals surface area contributed by atoms with Crippen LogP contribution in [-0.4, -0.2) is 74.9 Å². The Kier molecular flexibility index (Phi) is 8.81. The van der Waals surface area contributed by atoms with Crippen LogP contribution in [-0.2, 0) is 16.6 Å². The molecule has 4 rings (SSSR count). The molecule has 0 bridgehead atoms. The molecule has 0 radical (unpaired) electrons. The van der Waals surface area contributed by atoms with Gasteiger partial charge >= 0.3 is 0 Å². The number of fused-ring (bicyclic) bond motifs is 1. The van der Waals surface area contributed by atoms with Crippen LogP contribution in [0, 0.1) is 0 Å². The SMILES string of the molecule is COc1ccc(C(=O)NC(=Cc2cn(C)c3ccccc23)C(=O)NCCCN2CCOCC2)cc1OC. The van der Waals surface area contributed by atoms with E-state index in [0.717, 1.165) is 55.7 Å². The first kappa shape index (κ1) is 26.2. The van der Waals surface area contributed by atoms with Gasteiger partial charge in [-0.15, -0.1) is 0 Å². The summed E-state index contributed by atoms with van der Waals surface area (Å²) < 4.78 is 18.0. The van der Waals surface area contributed by atoms with Crippen LogP contribution in [0.2, 0.25) is 0 Å². The molecule has 1 aromatic heterocycles. The summed E-state index contributed by atoms with van der Waals surface area (Å²) in [4.78, 5) is 28.7. The van der Waals surface area contributed by atoms with Crippen molar-refractivity contribution in [3.63, 3.8) is 0 Å². The molecule has 1 aliphatic heterocycles. The topological polar surface area (TPSA) is 94.1 Å². The Bertz CT molecular complexity index is 1280. The lowest BCUT2D eigenvalue weighted by Crippen LogP contribution is -2.39. The van der Waals surface area contributed by atoms with E-state index in [1.807, 2.05) is 42.1 Å². The molecule has 2 amide bonds. The molecule has 196 valence electrons. The number of rotatable bonds is 10. The molecule has 37 heavy (non-hydrogen) atoms. The van der Waals surface area contributed by atoms with E-state index in [9.17, 15) is 9.59 Å². The van der Waals surface area contributed by atoms with Crippen LogP contribution in [0.5, 0.6) is 11.5 Å². The maximum absolute atomic E-state index is 13.3. The number of carbonyl (C=O) groups excluding carboxylic acids is 2. The van der Waals surface area contributed by atoms with E-state index < -0.39 is 5.91 Å². The van der Waals surface area contributed by atoms with Gasteiger partial charge in [-0.25, -0.2) is 0 Å². The van der Waals surface area contributed by atoms with Crippen LogP contribution in [0.3, 0.4) is 0 Å². The summed E-state index contributed by atoms with van der Waals surface area (Å²) in [5, 5.41) is 6.76. The van der Waals surface area contributed by atoms with Gasteiger partial charge in [0.25, 0.3) is 11.8 Å². The molecule has 1 fully saturated rings. The maximum atomic E-state index is 13.3. The number of hydrogen-bond acceptors (Lipinski definition) is 6. The Hall–Kier alpha value is -3.82. The Balaban J connectivity index is 1.53. The molecule has 0 aliphatic carbocycles. The van der Waals surface area contributed by atoms with Crippen molar-refractivity contribution in [2.75, 3.05) is 53.6 Å². The second kappa shape index (κ2) is 12.4. The van der Waals surface area contributed by atoms with E-state index in [2.05, 4.69) is 15.5 Å². The molecule has 9 heteroatoms. The summed E-state index contributed by atoms with van der Waals surface area (Å²) in [6.07, 6.45) is 4.47. The Labute approximate surface area is 217 Å². The van der Waals surface area contributed by atoms with E-state index in [0.29, 0.717) is 23.6 Å². The number of benzene rings is 2. The fourth-order valence-corrected chi connectivity index (χ4v) is 4.40. The zero-order valence-corrected chi connectivity index (χ0v) is 21.6. The number of aromatic nitrogens is 1. The van der Waals surface area contributed by atoms with Gasteiger partial charge in [0.1, 0.15) is 5.70 Å². The number of morpholine rings is 1. The van der Waals surface area contributed by atoms with Crippen molar-refractivity contribution in [1.29, 1.82) is 0 Å².